The number of urea groups is 1. The maximum absolute atomic E-state index is 12.6. The number of hydrogen-bond acceptors (Lipinski definition) is 4. The van der Waals surface area contributed by atoms with Crippen LogP contribution in [-0.4, -0.2) is 53.4 Å². The van der Waals surface area contributed by atoms with E-state index in [-0.39, 0.29) is 35.7 Å². The normalized spacial score (nSPS) is 24.6. The highest BCUT2D eigenvalue weighted by atomic mass is 16.5. The van der Waals surface area contributed by atoms with E-state index < -0.39 is 0 Å². The van der Waals surface area contributed by atoms with Gasteiger partial charge in [0.1, 0.15) is 5.75 Å². The lowest BCUT2D eigenvalue weighted by molar-refractivity contribution is -0.145. The second kappa shape index (κ2) is 7.06. The predicted octanol–water partition coefficient (Wildman–Crippen LogP) is 2.25. The maximum atomic E-state index is 12.6. The topological polar surface area (TPSA) is 79.0 Å². The molecule has 27 heavy (non-hydrogen) atoms. The number of allylic oxidation sites excluding steroid dienone is 2. The molecular formula is C20H23N3O4. The minimum absolute atomic E-state index is 0.0779. The van der Waals surface area contributed by atoms with Gasteiger partial charge in [0.05, 0.1) is 24.5 Å². The summed E-state index contributed by atoms with van der Waals surface area (Å²) in [5, 5.41) is 2.83. The molecule has 2 unspecified atom stereocenters. The van der Waals surface area contributed by atoms with E-state index in [0.717, 1.165) is 5.75 Å². The molecule has 0 bridgehead atoms. The van der Waals surface area contributed by atoms with Gasteiger partial charge in [0.25, 0.3) is 0 Å². The van der Waals surface area contributed by atoms with Gasteiger partial charge in [-0.2, -0.15) is 0 Å². The van der Waals surface area contributed by atoms with Crippen molar-refractivity contribution in [2.75, 3.05) is 25.0 Å². The third-order valence-electron chi connectivity index (χ3n) is 5.47. The molecule has 7 nitrogen and oxygen atoms in total. The monoisotopic (exact) mass is 369 g/mol. The molecule has 2 saturated heterocycles. The van der Waals surface area contributed by atoms with Crippen LogP contribution in [0.3, 0.4) is 0 Å². The van der Waals surface area contributed by atoms with Crippen molar-refractivity contribution in [3.8, 4) is 5.75 Å². The van der Waals surface area contributed by atoms with Crippen molar-refractivity contribution in [3.05, 3.63) is 36.4 Å². The molecule has 142 valence electrons. The smallest absolute Gasteiger partial charge is 0.321 e. The molecular weight excluding hydrogens is 346 g/mol. The largest absolute Gasteiger partial charge is 0.494 e. The third kappa shape index (κ3) is 3.18. The fourth-order valence-corrected chi connectivity index (χ4v) is 3.97. The number of nitrogens with zero attached hydrogens (tertiary/aromatic N) is 2. The lowest BCUT2D eigenvalue weighted by atomic mass is 9.85. The number of amides is 4. The van der Waals surface area contributed by atoms with Gasteiger partial charge in [0.15, 0.2) is 0 Å². The van der Waals surface area contributed by atoms with Gasteiger partial charge in [-0.25, -0.2) is 4.79 Å². The number of anilines is 1. The van der Waals surface area contributed by atoms with Crippen molar-refractivity contribution in [2.45, 2.75) is 25.8 Å². The van der Waals surface area contributed by atoms with Gasteiger partial charge < -0.3 is 15.0 Å². The van der Waals surface area contributed by atoms with E-state index in [1.807, 2.05) is 19.1 Å². The number of hydrogen-bond donors (Lipinski definition) is 1. The van der Waals surface area contributed by atoms with Gasteiger partial charge in [0, 0.05) is 18.8 Å². The van der Waals surface area contributed by atoms with E-state index in [4.69, 9.17) is 4.74 Å². The zero-order valence-electron chi connectivity index (χ0n) is 15.3. The van der Waals surface area contributed by atoms with Gasteiger partial charge in [0.2, 0.25) is 11.8 Å². The SMILES string of the molecule is CCOc1ccc(NC(=O)N2CC(N3C(=O)C4CC=CCC4C3=O)C2)cc1. The Morgan fingerprint density at radius 1 is 1.07 bits per heavy atom. The Kier molecular flexibility index (Phi) is 4.59. The fourth-order valence-electron chi connectivity index (χ4n) is 3.97. The molecule has 2 fully saturated rings. The van der Waals surface area contributed by atoms with Gasteiger partial charge >= 0.3 is 6.03 Å². The van der Waals surface area contributed by atoms with Gasteiger partial charge in [-0.1, -0.05) is 12.2 Å². The molecule has 1 N–H and O–H groups in total. The Morgan fingerprint density at radius 3 is 2.22 bits per heavy atom. The molecule has 2 aliphatic heterocycles. The highest BCUT2D eigenvalue weighted by Gasteiger charge is 2.52. The fraction of sp³-hybridized carbons (Fsp3) is 0.450. The molecule has 4 rings (SSSR count). The lowest BCUT2D eigenvalue weighted by Crippen LogP contribution is -2.63. The highest BCUT2D eigenvalue weighted by Crippen LogP contribution is 2.37. The molecule has 1 aromatic rings. The molecule has 4 amide bonds. The predicted molar refractivity (Wildman–Crippen MR) is 99.2 cm³/mol. The van der Waals surface area contributed by atoms with Crippen molar-refractivity contribution in [1.29, 1.82) is 0 Å². The number of rotatable bonds is 4. The average Bonchev–Trinajstić information content (AvgIpc) is 2.88. The summed E-state index contributed by atoms with van der Waals surface area (Å²) in [5.74, 6) is 0.168. The van der Waals surface area contributed by atoms with Crippen LogP contribution in [0.2, 0.25) is 0 Å². The Balaban J connectivity index is 1.32. The zero-order chi connectivity index (χ0) is 19.0. The number of nitrogens with one attached hydrogen (secondary N) is 1. The van der Waals surface area contributed by atoms with Crippen molar-refractivity contribution in [2.24, 2.45) is 11.8 Å². The van der Waals surface area contributed by atoms with E-state index in [1.54, 1.807) is 29.2 Å². The molecule has 3 aliphatic rings. The second-order valence-corrected chi connectivity index (χ2v) is 7.15. The Bertz CT molecular complexity index is 757. The van der Waals surface area contributed by atoms with Crippen LogP contribution in [0.1, 0.15) is 19.8 Å². The second-order valence-electron chi connectivity index (χ2n) is 7.15. The molecule has 0 radical (unpaired) electrons. The van der Waals surface area contributed by atoms with E-state index in [2.05, 4.69) is 5.32 Å². The van der Waals surface area contributed by atoms with Crippen LogP contribution in [0.4, 0.5) is 10.5 Å². The summed E-state index contributed by atoms with van der Waals surface area (Å²) in [5.41, 5.74) is 0.678. The highest BCUT2D eigenvalue weighted by molar-refractivity contribution is 6.06. The Labute approximate surface area is 158 Å². The van der Waals surface area contributed by atoms with E-state index >= 15 is 0 Å². The Morgan fingerprint density at radius 2 is 1.67 bits per heavy atom. The first-order valence-electron chi connectivity index (χ1n) is 9.39. The summed E-state index contributed by atoms with van der Waals surface area (Å²) < 4.78 is 5.38. The number of imide groups is 1. The van der Waals surface area contributed by atoms with Crippen molar-refractivity contribution >= 4 is 23.5 Å². The van der Waals surface area contributed by atoms with Crippen molar-refractivity contribution in [1.82, 2.24) is 9.80 Å². The number of benzene rings is 1. The summed E-state index contributed by atoms with van der Waals surface area (Å²) in [4.78, 5) is 40.5. The minimum atomic E-state index is -0.228. The van der Waals surface area contributed by atoms with E-state index in [9.17, 15) is 14.4 Å². The number of carbonyl (C=O) groups excluding carboxylic acids is 3. The number of ether oxygens (including phenoxy) is 1. The summed E-state index contributed by atoms with van der Waals surface area (Å²) in [6.07, 6.45) is 5.24. The van der Waals surface area contributed by atoms with Crippen LogP contribution in [0.25, 0.3) is 0 Å². The van der Waals surface area contributed by atoms with E-state index in [0.29, 0.717) is 38.2 Å². The molecule has 1 aromatic carbocycles. The molecule has 0 saturated carbocycles. The first kappa shape index (κ1) is 17.6. The number of fused-ring (bicyclic) bond motifs is 1. The maximum Gasteiger partial charge on any atom is 0.321 e. The van der Waals surface area contributed by atoms with Gasteiger partial charge in [-0.15, -0.1) is 0 Å². The zero-order valence-corrected chi connectivity index (χ0v) is 15.3. The summed E-state index contributed by atoms with van der Waals surface area (Å²) in [6, 6.07) is 6.73. The van der Waals surface area contributed by atoms with Crippen LogP contribution in [0.15, 0.2) is 36.4 Å². The standard InChI is InChI=1S/C20H23N3O4/c1-2-27-15-9-7-13(8-10-15)21-20(26)22-11-14(12-22)23-18(24)16-5-3-4-6-17(16)19(23)25/h3-4,7-10,14,16-17H,2,5-6,11-12H2,1H3,(H,21,26). The van der Waals surface area contributed by atoms with E-state index in [1.165, 1.54) is 4.90 Å². The number of carbonyl (C=O) groups is 3. The van der Waals surface area contributed by atoms with Gasteiger partial charge in [-0.05, 0) is 44.0 Å². The van der Waals surface area contributed by atoms with Crippen LogP contribution in [0.5, 0.6) is 5.75 Å². The van der Waals surface area contributed by atoms with Gasteiger partial charge in [-0.3, -0.25) is 14.5 Å². The van der Waals surface area contributed by atoms with Crippen LogP contribution >= 0.6 is 0 Å². The van der Waals surface area contributed by atoms with Crippen LogP contribution < -0.4 is 10.1 Å². The molecule has 7 heteroatoms. The quantitative estimate of drug-likeness (QED) is 0.652. The average molecular weight is 369 g/mol. The summed E-state index contributed by atoms with van der Waals surface area (Å²) >= 11 is 0. The molecule has 0 aromatic heterocycles. The molecule has 2 atom stereocenters. The molecule has 2 heterocycles. The third-order valence-corrected chi connectivity index (χ3v) is 5.47. The first-order valence-corrected chi connectivity index (χ1v) is 9.39. The van der Waals surface area contributed by atoms with Crippen molar-refractivity contribution in [3.63, 3.8) is 0 Å². The molecule has 1 aliphatic carbocycles. The molecule has 0 spiro atoms. The minimum Gasteiger partial charge on any atom is -0.494 e. The summed E-state index contributed by atoms with van der Waals surface area (Å²) in [7, 11) is 0. The van der Waals surface area contributed by atoms with Crippen LogP contribution in [-0.2, 0) is 9.59 Å². The lowest BCUT2D eigenvalue weighted by Gasteiger charge is -2.43. The van der Waals surface area contributed by atoms with Crippen molar-refractivity contribution < 1.29 is 19.1 Å². The van der Waals surface area contributed by atoms with Crippen LogP contribution in [0, 0.1) is 11.8 Å². The summed E-state index contributed by atoms with van der Waals surface area (Å²) in [6.45, 7) is 3.27. The Hall–Kier alpha value is -2.83. The number of likely N-dealkylation sites (tertiary alicyclic amines) is 2. The first-order chi connectivity index (χ1) is 13.1.